The second-order valence-electron chi connectivity index (χ2n) is 5.88. The molecule has 0 N–H and O–H groups in total. The van der Waals surface area contributed by atoms with Crippen LogP contribution in [-0.2, 0) is 16.1 Å². The lowest BCUT2D eigenvalue weighted by molar-refractivity contribution is -0.133. The van der Waals surface area contributed by atoms with Crippen molar-refractivity contribution in [2.75, 3.05) is 27.9 Å². The first-order chi connectivity index (χ1) is 13.8. The lowest BCUT2D eigenvalue weighted by Crippen LogP contribution is -2.31. The number of benzene rings is 2. The fourth-order valence-electron chi connectivity index (χ4n) is 2.49. The van der Waals surface area contributed by atoms with Crippen LogP contribution >= 0.6 is 0 Å². The van der Waals surface area contributed by atoms with E-state index in [0.717, 1.165) is 11.6 Å². The van der Waals surface area contributed by atoms with Crippen molar-refractivity contribution in [3.8, 4) is 17.2 Å². The molecule has 2 aromatic rings. The van der Waals surface area contributed by atoms with Gasteiger partial charge in [-0.25, -0.2) is 4.79 Å². The zero-order valence-corrected chi connectivity index (χ0v) is 16.2. The largest absolute Gasteiger partial charge is 0.496 e. The predicted octanol–water partition coefficient (Wildman–Crippen LogP) is 3.12. The molecule has 1 amide bonds. The van der Waals surface area contributed by atoms with E-state index in [1.54, 1.807) is 13.1 Å². The number of amides is 1. The summed E-state index contributed by atoms with van der Waals surface area (Å²) in [7, 11) is 4.36. The van der Waals surface area contributed by atoms with Crippen molar-refractivity contribution < 1.29 is 37.3 Å². The van der Waals surface area contributed by atoms with Crippen LogP contribution in [0.25, 0.3) is 0 Å². The van der Waals surface area contributed by atoms with Gasteiger partial charge in [0, 0.05) is 19.2 Å². The Morgan fingerprint density at radius 3 is 2.34 bits per heavy atom. The van der Waals surface area contributed by atoms with Crippen molar-refractivity contribution in [2.45, 2.75) is 13.2 Å². The molecule has 2 rings (SSSR count). The number of rotatable bonds is 9. The number of para-hydroxylation sites is 1. The number of carbonyl (C=O) groups excluding carboxylic acids is 2. The van der Waals surface area contributed by atoms with Crippen LogP contribution in [0.5, 0.6) is 17.2 Å². The van der Waals surface area contributed by atoms with E-state index in [0.29, 0.717) is 5.75 Å². The molecular weight excluding hydrogens is 388 g/mol. The van der Waals surface area contributed by atoms with Gasteiger partial charge >= 0.3 is 12.6 Å². The number of esters is 1. The Labute approximate surface area is 166 Å². The Morgan fingerprint density at radius 1 is 1.00 bits per heavy atom. The molecule has 0 spiro atoms. The molecule has 2 aromatic carbocycles. The van der Waals surface area contributed by atoms with Crippen LogP contribution < -0.4 is 14.2 Å². The van der Waals surface area contributed by atoms with E-state index in [4.69, 9.17) is 14.2 Å². The molecule has 0 saturated carbocycles. The minimum Gasteiger partial charge on any atom is -0.496 e. The van der Waals surface area contributed by atoms with Gasteiger partial charge in [0.05, 0.1) is 19.8 Å². The van der Waals surface area contributed by atoms with Crippen LogP contribution in [0.4, 0.5) is 8.78 Å². The normalized spacial score (nSPS) is 10.4. The number of methoxy groups -OCH3 is 2. The lowest BCUT2D eigenvalue weighted by Gasteiger charge is -2.18. The van der Waals surface area contributed by atoms with E-state index in [-0.39, 0.29) is 23.6 Å². The summed E-state index contributed by atoms with van der Waals surface area (Å²) in [4.78, 5) is 25.8. The molecule has 9 heteroatoms. The smallest absolute Gasteiger partial charge is 0.387 e. The summed E-state index contributed by atoms with van der Waals surface area (Å²) in [6.07, 6.45) is 0. The van der Waals surface area contributed by atoms with Gasteiger partial charge in [-0.05, 0) is 24.3 Å². The van der Waals surface area contributed by atoms with Crippen LogP contribution in [0.2, 0.25) is 0 Å². The van der Waals surface area contributed by atoms with Gasteiger partial charge in [-0.15, -0.1) is 0 Å². The minimum atomic E-state index is -3.03. The Bertz CT molecular complexity index is 859. The maximum absolute atomic E-state index is 12.4. The summed E-state index contributed by atoms with van der Waals surface area (Å²) in [6.45, 7) is -3.24. The van der Waals surface area contributed by atoms with E-state index in [9.17, 15) is 18.4 Å². The first kappa shape index (κ1) is 21.9. The third kappa shape index (κ3) is 6.06. The molecule has 0 fully saturated rings. The van der Waals surface area contributed by atoms with Crippen molar-refractivity contribution in [1.29, 1.82) is 0 Å². The van der Waals surface area contributed by atoms with Gasteiger partial charge in [0.15, 0.2) is 18.1 Å². The highest BCUT2D eigenvalue weighted by molar-refractivity contribution is 5.92. The summed E-state index contributed by atoms with van der Waals surface area (Å²) < 4.78 is 44.2. The Morgan fingerprint density at radius 2 is 1.69 bits per heavy atom. The molecule has 156 valence electrons. The summed E-state index contributed by atoms with van der Waals surface area (Å²) in [5.41, 5.74) is 0.833. The highest BCUT2D eigenvalue weighted by Gasteiger charge is 2.18. The summed E-state index contributed by atoms with van der Waals surface area (Å²) in [5, 5.41) is 0. The predicted molar refractivity (Wildman–Crippen MR) is 99.4 cm³/mol. The average Bonchev–Trinajstić information content (AvgIpc) is 2.71. The number of nitrogens with zero attached hydrogens (tertiary/aromatic N) is 1. The van der Waals surface area contributed by atoms with Gasteiger partial charge in [0.1, 0.15) is 5.75 Å². The third-order valence-electron chi connectivity index (χ3n) is 3.97. The van der Waals surface area contributed by atoms with Gasteiger partial charge in [0.25, 0.3) is 5.91 Å². The van der Waals surface area contributed by atoms with E-state index in [2.05, 4.69) is 4.74 Å². The Hall–Kier alpha value is -3.36. The van der Waals surface area contributed by atoms with Crippen molar-refractivity contribution in [3.05, 3.63) is 53.6 Å². The molecule has 0 atom stereocenters. The zero-order valence-electron chi connectivity index (χ0n) is 16.2. The standard InChI is InChI=1S/C20H21F2NO6/c1-23(11-14-6-4-5-7-15(14)26-2)18(24)12-28-19(25)13-8-9-16(29-20(21)22)17(10-13)27-3/h4-10,20H,11-12H2,1-3H3. The quantitative estimate of drug-likeness (QED) is 0.593. The van der Waals surface area contributed by atoms with Gasteiger partial charge in [-0.2, -0.15) is 8.78 Å². The number of ether oxygens (including phenoxy) is 4. The Balaban J connectivity index is 1.96. The summed E-state index contributed by atoms with van der Waals surface area (Å²) in [5.74, 6) is -0.854. The van der Waals surface area contributed by atoms with Gasteiger partial charge in [-0.1, -0.05) is 18.2 Å². The lowest BCUT2D eigenvalue weighted by atomic mass is 10.2. The second kappa shape index (κ2) is 10.3. The number of likely N-dealkylation sites (N-methyl/N-ethyl adjacent to an activating group) is 1. The van der Waals surface area contributed by atoms with Crippen LogP contribution in [0, 0.1) is 0 Å². The SMILES string of the molecule is COc1ccccc1CN(C)C(=O)COC(=O)c1ccc(OC(F)F)c(OC)c1. The van der Waals surface area contributed by atoms with E-state index >= 15 is 0 Å². The molecule has 0 aromatic heterocycles. The number of carbonyl (C=O) groups is 2. The van der Waals surface area contributed by atoms with Crippen molar-refractivity contribution >= 4 is 11.9 Å². The molecule has 29 heavy (non-hydrogen) atoms. The molecule has 0 aliphatic carbocycles. The summed E-state index contributed by atoms with van der Waals surface area (Å²) >= 11 is 0. The van der Waals surface area contributed by atoms with Crippen LogP contribution in [0.3, 0.4) is 0 Å². The minimum absolute atomic E-state index is 0.0312. The monoisotopic (exact) mass is 409 g/mol. The molecule has 0 aliphatic heterocycles. The maximum atomic E-state index is 12.4. The fraction of sp³-hybridized carbons (Fsp3) is 0.300. The molecule has 0 bridgehead atoms. The highest BCUT2D eigenvalue weighted by atomic mass is 19.3. The maximum Gasteiger partial charge on any atom is 0.387 e. The van der Waals surface area contributed by atoms with E-state index in [1.807, 2.05) is 18.2 Å². The average molecular weight is 409 g/mol. The molecule has 0 saturated heterocycles. The van der Waals surface area contributed by atoms with Gasteiger partial charge in [-0.3, -0.25) is 4.79 Å². The number of alkyl halides is 2. The number of hydrogen-bond acceptors (Lipinski definition) is 6. The third-order valence-corrected chi connectivity index (χ3v) is 3.97. The topological polar surface area (TPSA) is 74.3 Å². The molecule has 0 heterocycles. The van der Waals surface area contributed by atoms with Gasteiger partial charge in [0.2, 0.25) is 0 Å². The zero-order chi connectivity index (χ0) is 21.4. The Kier molecular flexibility index (Phi) is 7.76. The van der Waals surface area contributed by atoms with Crippen LogP contribution in [-0.4, -0.2) is 51.3 Å². The molecule has 0 aliphatic rings. The second-order valence-corrected chi connectivity index (χ2v) is 5.88. The summed E-state index contributed by atoms with van der Waals surface area (Å²) in [6, 6.07) is 10.8. The highest BCUT2D eigenvalue weighted by Crippen LogP contribution is 2.29. The number of hydrogen-bond donors (Lipinski definition) is 0. The fourth-order valence-corrected chi connectivity index (χ4v) is 2.49. The van der Waals surface area contributed by atoms with E-state index < -0.39 is 25.1 Å². The van der Waals surface area contributed by atoms with Crippen molar-refractivity contribution in [2.24, 2.45) is 0 Å². The molecule has 0 radical (unpaired) electrons. The first-order valence-electron chi connectivity index (χ1n) is 8.51. The first-order valence-corrected chi connectivity index (χ1v) is 8.51. The molecular formula is C20H21F2NO6. The van der Waals surface area contributed by atoms with Crippen LogP contribution in [0.1, 0.15) is 15.9 Å². The van der Waals surface area contributed by atoms with Gasteiger partial charge < -0.3 is 23.8 Å². The van der Waals surface area contributed by atoms with Crippen molar-refractivity contribution in [1.82, 2.24) is 4.90 Å². The molecule has 0 unspecified atom stereocenters. The van der Waals surface area contributed by atoms with Crippen LogP contribution in [0.15, 0.2) is 42.5 Å². The molecule has 7 nitrogen and oxygen atoms in total. The number of halogens is 2. The van der Waals surface area contributed by atoms with E-state index in [1.165, 1.54) is 31.3 Å². The van der Waals surface area contributed by atoms with Crippen molar-refractivity contribution in [3.63, 3.8) is 0 Å².